The van der Waals surface area contributed by atoms with Gasteiger partial charge in [-0.3, -0.25) is 4.55 Å². The zero-order valence-electron chi connectivity index (χ0n) is 24.9. The van der Waals surface area contributed by atoms with Crippen molar-refractivity contribution in [1.82, 2.24) is 0 Å². The molecule has 0 unspecified atom stereocenters. The van der Waals surface area contributed by atoms with Gasteiger partial charge in [-0.1, -0.05) is 114 Å². The molecule has 0 spiro atoms. The fourth-order valence-corrected chi connectivity index (χ4v) is 14.3. The largest absolute Gasteiger partial charge is 0.522 e. The first-order valence-corrected chi connectivity index (χ1v) is 19.3. The monoisotopic (exact) mass is 690 g/mol. The lowest BCUT2D eigenvalue weighted by Gasteiger charge is -2.31. The molecule has 0 saturated carbocycles. The van der Waals surface area contributed by atoms with E-state index in [-0.39, 0.29) is 0 Å². The number of halogens is 3. The van der Waals surface area contributed by atoms with E-state index in [4.69, 9.17) is 17.3 Å². The van der Waals surface area contributed by atoms with Crippen molar-refractivity contribution in [3.63, 3.8) is 0 Å². The normalized spacial score (nSPS) is 12.1. The summed E-state index contributed by atoms with van der Waals surface area (Å²) in [7, 11) is -11.1. The second-order valence-electron chi connectivity index (χ2n) is 10.2. The molecule has 0 radical (unpaired) electrons. The summed E-state index contributed by atoms with van der Waals surface area (Å²) in [4.78, 5) is 0. The van der Waals surface area contributed by atoms with Crippen molar-refractivity contribution in [3.05, 3.63) is 182 Å². The first-order valence-electron chi connectivity index (χ1n) is 14.5. The Balaban J connectivity index is 0.000000483. The minimum atomic E-state index is -5.84. The number of hydrogen-bond donors (Lipinski definition) is 1. The number of hydrogen-bond acceptors (Lipinski definition) is 3. The van der Waals surface area contributed by atoms with E-state index in [2.05, 4.69) is 182 Å². The van der Waals surface area contributed by atoms with Gasteiger partial charge in [0.1, 0.15) is 31.8 Å². The molecule has 0 atom stereocenters. The van der Waals surface area contributed by atoms with Crippen LogP contribution in [-0.2, 0) is 14.4 Å². The van der Waals surface area contributed by atoms with Crippen LogP contribution in [0.25, 0.3) is 0 Å². The summed E-state index contributed by atoms with van der Waals surface area (Å²) in [5.74, 6) is 0. The Morgan fingerprint density at radius 1 is 0.404 bits per heavy atom. The highest BCUT2D eigenvalue weighted by atomic mass is 32.2. The topological polar surface area (TPSA) is 63.6 Å². The van der Waals surface area contributed by atoms with Gasteiger partial charge in [-0.15, -0.1) is 0 Å². The Morgan fingerprint density at radius 3 is 0.681 bits per heavy atom. The van der Waals surface area contributed by atoms with Gasteiger partial charge in [-0.2, -0.15) is 21.6 Å². The molecule has 6 rings (SSSR count). The first-order chi connectivity index (χ1) is 22.6. The maximum absolute atomic E-state index is 10.7. The van der Waals surface area contributed by atoms with Gasteiger partial charge < -0.3 is 0 Å². The summed E-state index contributed by atoms with van der Waals surface area (Å²) >= 11 is 0. The van der Waals surface area contributed by atoms with Crippen molar-refractivity contribution in [2.45, 2.75) is 5.51 Å². The van der Waals surface area contributed by atoms with E-state index < -0.39 is 30.6 Å². The molecule has 0 bridgehead atoms. The summed E-state index contributed by atoms with van der Waals surface area (Å²) in [6.45, 7) is 0. The van der Waals surface area contributed by atoms with Gasteiger partial charge in [-0.25, -0.2) is 0 Å². The Kier molecular flexibility index (Phi) is 10.7. The fraction of sp³-hybridized carbons (Fsp3) is 0.0270. The molecule has 0 aliphatic rings. The summed E-state index contributed by atoms with van der Waals surface area (Å²) in [5.41, 5.74) is -5.53. The van der Waals surface area contributed by atoms with Crippen LogP contribution in [0.15, 0.2) is 182 Å². The van der Waals surface area contributed by atoms with Crippen LogP contribution in [-0.4, -0.2) is 18.5 Å². The molecule has 6 aromatic carbocycles. The molecule has 0 aliphatic carbocycles. The van der Waals surface area contributed by atoms with Crippen molar-refractivity contribution >= 4 is 56.9 Å². The van der Waals surface area contributed by atoms with Crippen molar-refractivity contribution < 1.29 is 30.5 Å². The van der Waals surface area contributed by atoms with Gasteiger partial charge in [0, 0.05) is 0 Å². The smallest absolute Gasteiger partial charge is 0.279 e. The number of alkyl halides is 3. The van der Waals surface area contributed by atoms with Gasteiger partial charge >= 0.3 is 15.6 Å². The SMILES string of the molecule is O=S(=O)(O)C(F)(F)F.c1ccc([P+](O[P+](c2ccccc2)(c2ccccc2)c2ccccc2)(c2ccccc2)c2ccccc2)cc1. The van der Waals surface area contributed by atoms with Crippen LogP contribution in [0.1, 0.15) is 0 Å². The van der Waals surface area contributed by atoms with E-state index in [1.165, 1.54) is 31.8 Å². The van der Waals surface area contributed by atoms with Gasteiger partial charge in [0.15, 0.2) is 0 Å². The molecule has 238 valence electrons. The first kappa shape index (κ1) is 34.2. The highest BCUT2D eigenvalue weighted by Gasteiger charge is 2.63. The van der Waals surface area contributed by atoms with Crippen molar-refractivity contribution in [3.8, 4) is 0 Å². The second kappa shape index (κ2) is 14.7. The predicted molar refractivity (Wildman–Crippen MR) is 189 cm³/mol. The zero-order chi connectivity index (χ0) is 33.4. The van der Waals surface area contributed by atoms with Gasteiger partial charge in [0.2, 0.25) is 0 Å². The van der Waals surface area contributed by atoms with E-state index in [1.807, 2.05) is 0 Å². The Bertz CT molecular complexity index is 1630. The summed E-state index contributed by atoms with van der Waals surface area (Å²) < 4.78 is 65.7. The van der Waals surface area contributed by atoms with Crippen molar-refractivity contribution in [1.29, 1.82) is 0 Å². The highest BCUT2D eigenvalue weighted by Crippen LogP contribution is 2.72. The lowest BCUT2D eigenvalue weighted by molar-refractivity contribution is -0.0510. The predicted octanol–water partition coefficient (Wildman–Crippen LogP) is 7.22. The van der Waals surface area contributed by atoms with Crippen molar-refractivity contribution in [2.75, 3.05) is 0 Å². The maximum atomic E-state index is 10.7. The number of rotatable bonds is 8. The molecule has 10 heteroatoms. The van der Waals surface area contributed by atoms with Crippen LogP contribution in [0.5, 0.6) is 0 Å². The van der Waals surface area contributed by atoms with Crippen LogP contribution < -0.4 is 31.8 Å². The van der Waals surface area contributed by atoms with E-state index in [1.54, 1.807) is 0 Å². The average molecular weight is 691 g/mol. The molecule has 0 aromatic heterocycles. The van der Waals surface area contributed by atoms with Crippen molar-refractivity contribution in [2.24, 2.45) is 0 Å². The average Bonchev–Trinajstić information content (AvgIpc) is 3.11. The molecular formula is C37H31F3O4P2S+2. The van der Waals surface area contributed by atoms with Gasteiger partial charge in [-0.05, 0) is 72.8 Å². The minimum Gasteiger partial charge on any atom is -0.279 e. The van der Waals surface area contributed by atoms with Crippen LogP contribution in [0.3, 0.4) is 0 Å². The molecular weight excluding hydrogens is 659 g/mol. The van der Waals surface area contributed by atoms with E-state index in [0.717, 1.165) is 0 Å². The third-order valence-electron chi connectivity index (χ3n) is 7.26. The minimum absolute atomic E-state index is 1.20. The molecule has 47 heavy (non-hydrogen) atoms. The summed E-state index contributed by atoms with van der Waals surface area (Å²) in [6.07, 6.45) is 0. The molecule has 4 nitrogen and oxygen atoms in total. The molecule has 0 aliphatic heterocycles. The molecule has 0 amide bonds. The van der Waals surface area contributed by atoms with Gasteiger partial charge in [0.25, 0.3) is 15.0 Å². The number of benzene rings is 6. The fourth-order valence-electron chi connectivity index (χ4n) is 5.19. The summed E-state index contributed by atoms with van der Waals surface area (Å²) in [6, 6.07) is 65.0. The molecule has 6 aromatic rings. The molecule has 0 saturated heterocycles. The maximum Gasteiger partial charge on any atom is 0.522 e. The Labute approximate surface area is 274 Å². The van der Waals surface area contributed by atoms with Crippen LogP contribution >= 0.6 is 15.0 Å². The van der Waals surface area contributed by atoms with Gasteiger partial charge in [0.05, 0.1) is 0 Å². The van der Waals surface area contributed by atoms with Crippen LogP contribution in [0.2, 0.25) is 0 Å². The summed E-state index contributed by atoms with van der Waals surface area (Å²) in [5, 5.41) is 7.22. The quantitative estimate of drug-likeness (QED) is 0.104. The van der Waals surface area contributed by atoms with E-state index in [0.29, 0.717) is 0 Å². The Morgan fingerprint density at radius 2 is 0.553 bits per heavy atom. The lowest BCUT2D eigenvalue weighted by atomic mass is 10.4. The third kappa shape index (κ3) is 7.38. The zero-order valence-corrected chi connectivity index (χ0v) is 27.5. The molecule has 0 fully saturated rings. The van der Waals surface area contributed by atoms with E-state index >= 15 is 0 Å². The standard InChI is InChI=1S/C36H30OP2.CHF3O3S/c1-7-19-31(20-8-1)38(32-21-9-2-10-22-32,33-23-11-3-12-24-33)37-39(34-25-13-4-14-26-34,35-27-15-5-16-28-35)36-29-17-6-18-30-36;2-1(3,4)8(5,6)7/h1-30H;(H,5,6,7)/q+2;. The lowest BCUT2D eigenvalue weighted by Crippen LogP contribution is -2.39. The third-order valence-corrected chi connectivity index (χ3v) is 16.0. The Hall–Kier alpha value is -4.16. The second-order valence-corrected chi connectivity index (χ2v) is 17.8. The molecule has 1 N–H and O–H groups in total. The van der Waals surface area contributed by atoms with Crippen LogP contribution in [0, 0.1) is 0 Å². The highest BCUT2D eigenvalue weighted by molar-refractivity contribution is 8.03. The van der Waals surface area contributed by atoms with Crippen LogP contribution in [0.4, 0.5) is 13.2 Å². The van der Waals surface area contributed by atoms with E-state index in [9.17, 15) is 13.2 Å². The molecule has 0 heterocycles.